The number of aromatic amines is 1. The van der Waals surface area contributed by atoms with Crippen LogP contribution in [0.3, 0.4) is 0 Å². The molecule has 1 amide bonds. The molecule has 6 heterocycles. The number of pyridine rings is 2. The Morgan fingerprint density at radius 1 is 1.11 bits per heavy atom. The number of aromatic nitrogens is 6. The largest absolute Gasteiger partial charge is 0.435 e. The maximum atomic E-state index is 14.4. The molecule has 36 heavy (non-hydrogen) atoms. The molecule has 9 nitrogen and oxygen atoms in total. The van der Waals surface area contributed by atoms with Crippen molar-refractivity contribution >= 4 is 22.5 Å². The number of hydrogen-bond donors (Lipinski definition) is 1. The third kappa shape index (κ3) is 3.11. The highest BCUT2D eigenvalue weighted by Crippen LogP contribution is 2.36. The Morgan fingerprint density at radius 3 is 2.92 bits per heavy atom. The van der Waals surface area contributed by atoms with Gasteiger partial charge >= 0.3 is 0 Å². The van der Waals surface area contributed by atoms with E-state index < -0.39 is 11.9 Å². The van der Waals surface area contributed by atoms with E-state index in [9.17, 15) is 9.18 Å². The first-order valence-corrected chi connectivity index (χ1v) is 11.4. The molecule has 1 atom stereocenters. The lowest BCUT2D eigenvalue weighted by Crippen LogP contribution is -2.40. The number of nitrogens with zero attached hydrogens (tertiary/aromatic N) is 6. The standard InChI is InChI=1S/C26H18FN7O2/c27-17-4-3-6-20-24(17)36-25(32-20)23-22-19(29-14-30-22)9-11-33(23)26(35)16-12-31-34-13-15(7-8-21(16)34)18-5-1-2-10-28-18/h1-8,10,12-14,23H,9,11H2,(H,29,30)/t23-/m0/s1. The lowest BCUT2D eigenvalue weighted by molar-refractivity contribution is 0.0669. The molecule has 0 fully saturated rings. The second-order valence-electron chi connectivity index (χ2n) is 8.58. The summed E-state index contributed by atoms with van der Waals surface area (Å²) in [7, 11) is 0. The Morgan fingerprint density at radius 2 is 2.06 bits per heavy atom. The van der Waals surface area contributed by atoms with Crippen molar-refractivity contribution in [3.8, 4) is 11.3 Å². The zero-order chi connectivity index (χ0) is 24.2. The molecule has 1 aliphatic heterocycles. The quantitative estimate of drug-likeness (QED) is 0.408. The van der Waals surface area contributed by atoms with Crippen molar-refractivity contribution < 1.29 is 13.6 Å². The van der Waals surface area contributed by atoms with Crippen LogP contribution in [0.25, 0.3) is 27.9 Å². The van der Waals surface area contributed by atoms with Crippen LogP contribution in [0, 0.1) is 5.82 Å². The van der Waals surface area contributed by atoms with Gasteiger partial charge < -0.3 is 14.3 Å². The van der Waals surface area contributed by atoms with Crippen molar-refractivity contribution in [3.05, 3.63) is 102 Å². The molecule has 176 valence electrons. The molecule has 1 aliphatic rings. The summed E-state index contributed by atoms with van der Waals surface area (Å²) in [5.41, 5.74) is 4.77. The van der Waals surface area contributed by atoms with E-state index in [0.717, 1.165) is 17.0 Å². The maximum absolute atomic E-state index is 14.4. The summed E-state index contributed by atoms with van der Waals surface area (Å²) >= 11 is 0. The van der Waals surface area contributed by atoms with Crippen LogP contribution < -0.4 is 0 Å². The molecule has 0 saturated heterocycles. The Labute approximate surface area is 203 Å². The number of halogens is 1. The number of imidazole rings is 1. The molecule has 7 rings (SSSR count). The summed E-state index contributed by atoms with van der Waals surface area (Å²) in [5.74, 6) is -0.532. The van der Waals surface area contributed by atoms with Crippen LogP contribution in [0.4, 0.5) is 4.39 Å². The average molecular weight is 479 g/mol. The molecule has 6 aromatic rings. The number of carbonyl (C=O) groups excluding carboxylic acids is 1. The highest BCUT2D eigenvalue weighted by Gasteiger charge is 2.38. The summed E-state index contributed by atoms with van der Waals surface area (Å²) < 4.78 is 21.9. The predicted octanol–water partition coefficient (Wildman–Crippen LogP) is 4.19. The normalized spacial score (nSPS) is 15.5. The minimum Gasteiger partial charge on any atom is -0.435 e. The molecular weight excluding hydrogens is 461 g/mol. The Bertz CT molecular complexity index is 1750. The second-order valence-corrected chi connectivity index (χ2v) is 8.58. The third-order valence-electron chi connectivity index (χ3n) is 6.51. The van der Waals surface area contributed by atoms with Crippen molar-refractivity contribution in [1.82, 2.24) is 34.4 Å². The molecule has 0 aliphatic carbocycles. The van der Waals surface area contributed by atoms with E-state index in [-0.39, 0.29) is 17.4 Å². The molecule has 0 spiro atoms. The number of oxazole rings is 1. The molecule has 5 aromatic heterocycles. The van der Waals surface area contributed by atoms with Gasteiger partial charge in [0.05, 0.1) is 35.0 Å². The highest BCUT2D eigenvalue weighted by atomic mass is 19.1. The number of rotatable bonds is 3. The van der Waals surface area contributed by atoms with Gasteiger partial charge in [-0.15, -0.1) is 0 Å². The molecule has 10 heteroatoms. The number of fused-ring (bicyclic) bond motifs is 3. The summed E-state index contributed by atoms with van der Waals surface area (Å²) in [4.78, 5) is 32.1. The monoisotopic (exact) mass is 479 g/mol. The Kier molecular flexibility index (Phi) is 4.47. The lowest BCUT2D eigenvalue weighted by atomic mass is 10.0. The number of hydrogen-bond acceptors (Lipinski definition) is 6. The smallest absolute Gasteiger partial charge is 0.258 e. The number of benzene rings is 1. The average Bonchev–Trinajstić information content (AvgIpc) is 3.66. The summed E-state index contributed by atoms with van der Waals surface area (Å²) in [6.45, 7) is 0.406. The number of H-pyrrole nitrogens is 1. The molecule has 1 N–H and O–H groups in total. The van der Waals surface area contributed by atoms with Gasteiger partial charge in [0.15, 0.2) is 17.4 Å². The van der Waals surface area contributed by atoms with Crippen molar-refractivity contribution in [2.45, 2.75) is 12.5 Å². The van der Waals surface area contributed by atoms with Crippen LogP contribution in [0.2, 0.25) is 0 Å². The Hall–Kier alpha value is -4.86. The van der Waals surface area contributed by atoms with Gasteiger partial charge in [0, 0.05) is 36.6 Å². The predicted molar refractivity (Wildman–Crippen MR) is 128 cm³/mol. The number of nitrogens with one attached hydrogen (secondary N) is 1. The Balaban J connectivity index is 1.31. The van der Waals surface area contributed by atoms with E-state index >= 15 is 0 Å². The van der Waals surface area contributed by atoms with Crippen molar-refractivity contribution in [3.63, 3.8) is 0 Å². The molecule has 0 saturated carbocycles. The van der Waals surface area contributed by atoms with E-state index in [2.05, 4.69) is 25.0 Å². The van der Waals surface area contributed by atoms with Gasteiger partial charge in [-0.2, -0.15) is 5.10 Å². The fourth-order valence-corrected chi connectivity index (χ4v) is 4.78. The van der Waals surface area contributed by atoms with Gasteiger partial charge in [-0.25, -0.2) is 18.9 Å². The second kappa shape index (κ2) is 7.84. The number of amides is 1. The lowest BCUT2D eigenvalue weighted by Gasteiger charge is -2.32. The fraction of sp³-hybridized carbons (Fsp3) is 0.115. The first-order chi connectivity index (χ1) is 17.7. The van der Waals surface area contributed by atoms with Gasteiger partial charge in [-0.3, -0.25) is 9.78 Å². The summed E-state index contributed by atoms with van der Waals surface area (Å²) in [6, 6.07) is 13.3. The van der Waals surface area contributed by atoms with E-state index in [1.54, 1.807) is 40.3 Å². The molecule has 0 bridgehead atoms. The topological polar surface area (TPSA) is 105 Å². The first-order valence-electron chi connectivity index (χ1n) is 11.4. The van der Waals surface area contributed by atoms with Crippen molar-refractivity contribution in [2.75, 3.05) is 6.54 Å². The van der Waals surface area contributed by atoms with Gasteiger partial charge in [-0.05, 0) is 36.4 Å². The van der Waals surface area contributed by atoms with Gasteiger partial charge in [-0.1, -0.05) is 12.1 Å². The zero-order valence-electron chi connectivity index (χ0n) is 18.8. The number of carbonyl (C=O) groups is 1. The van der Waals surface area contributed by atoms with E-state index in [1.807, 2.05) is 36.5 Å². The summed E-state index contributed by atoms with van der Waals surface area (Å²) in [5, 5.41) is 4.43. The minimum absolute atomic E-state index is 0.0561. The van der Waals surface area contributed by atoms with Crippen molar-refractivity contribution in [1.29, 1.82) is 0 Å². The SMILES string of the molecule is O=C(c1cnn2cc(-c3ccccn3)ccc12)N1CCc2[nH]cnc2[C@H]1c1nc2cccc(F)c2o1. The molecule has 1 aromatic carbocycles. The van der Waals surface area contributed by atoms with Crippen LogP contribution in [0.15, 0.2) is 77.9 Å². The maximum Gasteiger partial charge on any atom is 0.258 e. The van der Waals surface area contributed by atoms with Crippen molar-refractivity contribution in [2.24, 2.45) is 0 Å². The van der Waals surface area contributed by atoms with Crippen LogP contribution in [-0.4, -0.2) is 46.9 Å². The van der Waals surface area contributed by atoms with Gasteiger partial charge in [0.2, 0.25) is 5.89 Å². The molecule has 0 unspecified atom stereocenters. The van der Waals surface area contributed by atoms with E-state index in [4.69, 9.17) is 4.42 Å². The zero-order valence-corrected chi connectivity index (χ0v) is 18.8. The van der Waals surface area contributed by atoms with Crippen LogP contribution in [0.1, 0.15) is 33.7 Å². The van der Waals surface area contributed by atoms with E-state index in [1.165, 1.54) is 6.07 Å². The summed E-state index contributed by atoms with van der Waals surface area (Å²) in [6.07, 6.45) is 7.31. The molecule has 0 radical (unpaired) electrons. The molecular formula is C26H18FN7O2. The van der Waals surface area contributed by atoms with Crippen LogP contribution in [-0.2, 0) is 6.42 Å². The number of para-hydroxylation sites is 1. The minimum atomic E-state index is -0.706. The van der Waals surface area contributed by atoms with Gasteiger partial charge in [0.25, 0.3) is 5.91 Å². The fourth-order valence-electron chi connectivity index (χ4n) is 4.78. The van der Waals surface area contributed by atoms with Crippen LogP contribution in [0.5, 0.6) is 0 Å². The third-order valence-corrected chi connectivity index (χ3v) is 6.51. The van der Waals surface area contributed by atoms with E-state index in [0.29, 0.717) is 35.3 Å². The first kappa shape index (κ1) is 20.5. The van der Waals surface area contributed by atoms with Gasteiger partial charge in [0.1, 0.15) is 5.52 Å². The highest BCUT2D eigenvalue weighted by molar-refractivity contribution is 6.01. The van der Waals surface area contributed by atoms with Crippen LogP contribution >= 0.6 is 0 Å².